The third-order valence-electron chi connectivity index (χ3n) is 3.99. The Labute approximate surface area is 189 Å². The number of benzene rings is 1. The van der Waals surface area contributed by atoms with Crippen LogP contribution in [0.1, 0.15) is 30.9 Å². The van der Waals surface area contributed by atoms with Crippen LogP contribution in [0.4, 0.5) is 0 Å². The minimum atomic E-state index is 0. The monoisotopic (exact) mass is 513 g/mol. The highest BCUT2D eigenvalue weighted by Crippen LogP contribution is 2.28. The Kier molecular flexibility index (Phi) is 11.4. The number of rotatable bonds is 9. The second-order valence-electron chi connectivity index (χ2n) is 6.01. The third-order valence-corrected chi connectivity index (χ3v) is 4.69. The van der Waals surface area contributed by atoms with E-state index in [1.54, 1.807) is 18.4 Å². The molecule has 1 aromatic carbocycles. The molecule has 0 saturated heterocycles. The van der Waals surface area contributed by atoms with Gasteiger partial charge in [-0.3, -0.25) is 0 Å². The van der Waals surface area contributed by atoms with E-state index in [0.29, 0.717) is 24.0 Å². The Bertz CT molecular complexity index is 772. The zero-order chi connectivity index (χ0) is 19.5. The van der Waals surface area contributed by atoms with Gasteiger partial charge in [0.05, 0.1) is 13.7 Å². The molecule has 1 atom stereocenters. The van der Waals surface area contributed by atoms with Gasteiger partial charge < -0.3 is 20.1 Å². The smallest absolute Gasteiger partial charge is 0.191 e. The second-order valence-corrected chi connectivity index (χ2v) is 6.79. The molecule has 0 amide bonds. The van der Waals surface area contributed by atoms with Crippen LogP contribution in [-0.2, 0) is 6.54 Å². The summed E-state index contributed by atoms with van der Waals surface area (Å²) >= 11 is 1.72. The quantitative estimate of drug-likeness (QED) is 0.228. The standard InChI is InChI=1S/C21H27N3O2S.HI/c1-5-10-26-20-12-17(7-8-19(20)25-4)14-24-21(22-6-2)23-13-16(3)18-9-11-27-15-18;/h1,7-9,11-12,15-16H,6,10,13-14H2,2-4H3,(H2,22,23,24);1H. The first kappa shape index (κ1) is 24.1. The van der Waals surface area contributed by atoms with Crippen LogP contribution in [0.25, 0.3) is 0 Å². The molecule has 0 aliphatic heterocycles. The molecule has 0 saturated carbocycles. The molecule has 7 heteroatoms. The summed E-state index contributed by atoms with van der Waals surface area (Å²) in [6.45, 7) is 6.61. The van der Waals surface area contributed by atoms with Gasteiger partial charge >= 0.3 is 0 Å². The minimum Gasteiger partial charge on any atom is -0.493 e. The third kappa shape index (κ3) is 7.60. The molecule has 1 heterocycles. The van der Waals surface area contributed by atoms with Crippen molar-refractivity contribution in [1.29, 1.82) is 0 Å². The van der Waals surface area contributed by atoms with E-state index in [0.717, 1.165) is 24.6 Å². The average Bonchev–Trinajstić information content (AvgIpc) is 3.23. The maximum absolute atomic E-state index is 5.55. The number of nitrogens with one attached hydrogen (secondary N) is 2. The van der Waals surface area contributed by atoms with Gasteiger partial charge in [0.1, 0.15) is 6.61 Å². The summed E-state index contributed by atoms with van der Waals surface area (Å²) in [5.41, 5.74) is 2.36. The van der Waals surface area contributed by atoms with Gasteiger partial charge in [-0.05, 0) is 52.9 Å². The second kappa shape index (κ2) is 13.3. The van der Waals surface area contributed by atoms with Crippen molar-refractivity contribution in [2.45, 2.75) is 26.3 Å². The molecule has 2 rings (SSSR count). The molecular formula is C21H28IN3O2S. The Morgan fingerprint density at radius 1 is 1.29 bits per heavy atom. The van der Waals surface area contributed by atoms with Gasteiger partial charge in [0.15, 0.2) is 17.5 Å². The molecule has 1 unspecified atom stereocenters. The van der Waals surface area contributed by atoms with Crippen molar-refractivity contribution in [3.63, 3.8) is 0 Å². The molecule has 0 spiro atoms. The summed E-state index contributed by atoms with van der Waals surface area (Å²) in [5.74, 6) is 4.97. The molecular weight excluding hydrogens is 485 g/mol. The predicted molar refractivity (Wildman–Crippen MR) is 128 cm³/mol. The molecule has 2 aromatic rings. The number of ether oxygens (including phenoxy) is 2. The van der Waals surface area contributed by atoms with E-state index < -0.39 is 0 Å². The summed E-state index contributed by atoms with van der Waals surface area (Å²) < 4.78 is 10.9. The number of aliphatic imine (C=N–C) groups is 1. The minimum absolute atomic E-state index is 0. The lowest BCUT2D eigenvalue weighted by Gasteiger charge is -2.15. The Morgan fingerprint density at radius 3 is 2.75 bits per heavy atom. The van der Waals surface area contributed by atoms with E-state index in [2.05, 4.69) is 52.2 Å². The number of terminal acetylenes is 1. The van der Waals surface area contributed by atoms with Crippen molar-refractivity contribution in [2.24, 2.45) is 4.99 Å². The largest absolute Gasteiger partial charge is 0.493 e. The molecule has 5 nitrogen and oxygen atoms in total. The van der Waals surface area contributed by atoms with Gasteiger partial charge in [-0.1, -0.05) is 18.9 Å². The van der Waals surface area contributed by atoms with Crippen LogP contribution in [0, 0.1) is 12.3 Å². The van der Waals surface area contributed by atoms with Crippen LogP contribution in [-0.4, -0.2) is 32.8 Å². The Balaban J connectivity index is 0.00000392. The number of methoxy groups -OCH3 is 1. The van der Waals surface area contributed by atoms with Crippen molar-refractivity contribution in [3.05, 3.63) is 46.2 Å². The Morgan fingerprint density at radius 2 is 2.11 bits per heavy atom. The van der Waals surface area contributed by atoms with Gasteiger partial charge in [-0.25, -0.2) is 4.99 Å². The van der Waals surface area contributed by atoms with E-state index in [9.17, 15) is 0 Å². The topological polar surface area (TPSA) is 54.9 Å². The molecule has 0 aliphatic rings. The van der Waals surface area contributed by atoms with Crippen LogP contribution >= 0.6 is 35.3 Å². The van der Waals surface area contributed by atoms with E-state index >= 15 is 0 Å². The highest BCUT2D eigenvalue weighted by atomic mass is 127. The number of hydrogen-bond donors (Lipinski definition) is 2. The van der Waals surface area contributed by atoms with E-state index in [-0.39, 0.29) is 30.6 Å². The first-order chi connectivity index (χ1) is 13.2. The molecule has 0 bridgehead atoms. The zero-order valence-corrected chi connectivity index (χ0v) is 19.7. The molecule has 0 fully saturated rings. The van der Waals surface area contributed by atoms with Crippen LogP contribution in [0.15, 0.2) is 40.0 Å². The fraction of sp³-hybridized carbons (Fsp3) is 0.381. The van der Waals surface area contributed by atoms with Gasteiger partial charge in [0.2, 0.25) is 0 Å². The fourth-order valence-electron chi connectivity index (χ4n) is 2.49. The number of hydrogen-bond acceptors (Lipinski definition) is 4. The predicted octanol–water partition coefficient (Wildman–Crippen LogP) is 4.25. The average molecular weight is 513 g/mol. The van der Waals surface area contributed by atoms with Gasteiger partial charge in [-0.2, -0.15) is 11.3 Å². The lowest BCUT2D eigenvalue weighted by molar-refractivity contribution is 0.330. The normalized spacial score (nSPS) is 11.7. The van der Waals surface area contributed by atoms with Crippen molar-refractivity contribution in [1.82, 2.24) is 10.6 Å². The number of guanidine groups is 1. The van der Waals surface area contributed by atoms with Crippen LogP contribution < -0.4 is 20.1 Å². The maximum atomic E-state index is 5.55. The molecule has 0 aliphatic carbocycles. The lowest BCUT2D eigenvalue weighted by atomic mass is 10.1. The lowest BCUT2D eigenvalue weighted by Crippen LogP contribution is -2.39. The van der Waals surface area contributed by atoms with Crippen molar-refractivity contribution in [3.8, 4) is 23.8 Å². The molecule has 1 aromatic heterocycles. The summed E-state index contributed by atoms with van der Waals surface area (Å²) in [4.78, 5) is 4.67. The number of halogens is 1. The van der Waals surface area contributed by atoms with Crippen molar-refractivity contribution < 1.29 is 9.47 Å². The van der Waals surface area contributed by atoms with Crippen LogP contribution in [0.2, 0.25) is 0 Å². The van der Waals surface area contributed by atoms with Crippen molar-refractivity contribution in [2.75, 3.05) is 26.8 Å². The first-order valence-corrected chi connectivity index (χ1v) is 9.89. The van der Waals surface area contributed by atoms with Gasteiger partial charge in [0.25, 0.3) is 0 Å². The van der Waals surface area contributed by atoms with Crippen LogP contribution in [0.3, 0.4) is 0 Å². The number of thiophene rings is 1. The van der Waals surface area contributed by atoms with Gasteiger partial charge in [-0.15, -0.1) is 30.4 Å². The first-order valence-electron chi connectivity index (χ1n) is 8.95. The summed E-state index contributed by atoms with van der Waals surface area (Å²) in [6.07, 6.45) is 5.28. The van der Waals surface area contributed by atoms with Crippen molar-refractivity contribution >= 4 is 41.3 Å². The van der Waals surface area contributed by atoms with E-state index in [1.807, 2.05) is 18.2 Å². The highest BCUT2D eigenvalue weighted by Gasteiger charge is 2.08. The summed E-state index contributed by atoms with van der Waals surface area (Å²) in [7, 11) is 1.61. The highest BCUT2D eigenvalue weighted by molar-refractivity contribution is 14.0. The Hall–Kier alpha value is -1.92. The maximum Gasteiger partial charge on any atom is 0.191 e. The molecule has 28 heavy (non-hydrogen) atoms. The van der Waals surface area contributed by atoms with E-state index in [1.165, 1.54) is 5.56 Å². The molecule has 152 valence electrons. The van der Waals surface area contributed by atoms with Crippen LogP contribution in [0.5, 0.6) is 11.5 Å². The summed E-state index contributed by atoms with van der Waals surface area (Å²) in [5, 5.41) is 11.0. The summed E-state index contributed by atoms with van der Waals surface area (Å²) in [6, 6.07) is 7.92. The zero-order valence-electron chi connectivity index (χ0n) is 16.5. The van der Waals surface area contributed by atoms with E-state index in [4.69, 9.17) is 15.9 Å². The molecule has 0 radical (unpaired) electrons. The SMILES string of the molecule is C#CCOc1cc(CN=C(NCC)NCC(C)c2ccsc2)ccc1OC.I. The number of nitrogens with zero attached hydrogens (tertiary/aromatic N) is 1. The van der Waals surface area contributed by atoms with Gasteiger partial charge in [0, 0.05) is 13.1 Å². The molecule has 2 N–H and O–H groups in total. The fourth-order valence-corrected chi connectivity index (χ4v) is 3.27.